The quantitative estimate of drug-likeness (QED) is 0.108. The van der Waals surface area contributed by atoms with Gasteiger partial charge >= 0.3 is 6.18 Å². The van der Waals surface area contributed by atoms with Gasteiger partial charge in [0.15, 0.2) is 0 Å². The number of pyridine rings is 1. The number of amides is 3. The summed E-state index contributed by atoms with van der Waals surface area (Å²) < 4.78 is 48.9. The number of alkyl halides is 3. The summed E-state index contributed by atoms with van der Waals surface area (Å²) in [5.74, 6) is -0.410. The number of anilines is 5. The van der Waals surface area contributed by atoms with Gasteiger partial charge in [0.25, 0.3) is 5.91 Å². The first-order valence-corrected chi connectivity index (χ1v) is 20.6. The van der Waals surface area contributed by atoms with Crippen LogP contribution in [-0.4, -0.2) is 91.0 Å². The van der Waals surface area contributed by atoms with Crippen LogP contribution in [0.15, 0.2) is 72.9 Å². The first kappa shape index (κ1) is 42.5. The average Bonchev–Trinajstić information content (AvgIpc) is 3.22. The van der Waals surface area contributed by atoms with Gasteiger partial charge in [-0.1, -0.05) is 36.4 Å². The monoisotopic (exact) mass is 826 g/mol. The zero-order chi connectivity index (χ0) is 42.6. The highest BCUT2D eigenvalue weighted by molar-refractivity contribution is 6.01. The van der Waals surface area contributed by atoms with Gasteiger partial charge in [-0.25, -0.2) is 4.98 Å². The molecular formula is C45H53F3N8O4. The molecule has 0 saturated carbocycles. The van der Waals surface area contributed by atoms with Crippen LogP contribution < -0.4 is 30.9 Å². The molecule has 12 nitrogen and oxygen atoms in total. The summed E-state index contributed by atoms with van der Waals surface area (Å²) in [6.07, 6.45) is -1.07. The minimum absolute atomic E-state index is 0.168. The van der Waals surface area contributed by atoms with Crippen molar-refractivity contribution in [2.24, 2.45) is 0 Å². The lowest BCUT2D eigenvalue weighted by Gasteiger charge is -2.44. The summed E-state index contributed by atoms with van der Waals surface area (Å²) in [5, 5.41) is 11.1. The lowest BCUT2D eigenvalue weighted by molar-refractivity contribution is -0.137. The van der Waals surface area contributed by atoms with Gasteiger partial charge in [-0.15, -0.1) is 0 Å². The summed E-state index contributed by atoms with van der Waals surface area (Å²) in [7, 11) is 1.46. The van der Waals surface area contributed by atoms with Gasteiger partial charge in [-0.2, -0.15) is 13.2 Å². The summed E-state index contributed by atoms with van der Waals surface area (Å²) in [6.45, 7) is 12.1. The fraction of sp³-hybridized carbons (Fsp3) is 0.422. The molecular weight excluding hydrogens is 774 g/mol. The molecule has 3 fully saturated rings. The van der Waals surface area contributed by atoms with Crippen molar-refractivity contribution in [3.63, 3.8) is 0 Å². The Morgan fingerprint density at radius 1 is 0.900 bits per heavy atom. The highest BCUT2D eigenvalue weighted by atomic mass is 19.4. The molecule has 1 aromatic heterocycles. The van der Waals surface area contributed by atoms with Crippen molar-refractivity contribution >= 4 is 46.3 Å². The maximum atomic E-state index is 14.2. The number of aryl methyl sites for hydroxylation is 1. The van der Waals surface area contributed by atoms with E-state index in [1.165, 1.54) is 19.2 Å². The molecule has 3 aliphatic heterocycles. The number of hydrogen-bond donors (Lipinski definition) is 4. The Morgan fingerprint density at radius 2 is 1.62 bits per heavy atom. The number of nitrogens with zero attached hydrogens (tertiary/aromatic N) is 4. The predicted molar refractivity (Wildman–Crippen MR) is 226 cm³/mol. The molecule has 0 radical (unpaired) electrons. The first-order valence-electron chi connectivity index (χ1n) is 20.6. The van der Waals surface area contributed by atoms with E-state index in [2.05, 4.69) is 47.0 Å². The Kier molecular flexibility index (Phi) is 12.9. The lowest BCUT2D eigenvalue weighted by atomic mass is 9.87. The Balaban J connectivity index is 1.00. The molecule has 4 N–H and O–H groups in total. The van der Waals surface area contributed by atoms with Crippen LogP contribution in [0, 0.1) is 6.92 Å². The fourth-order valence-corrected chi connectivity index (χ4v) is 8.55. The second-order valence-corrected chi connectivity index (χ2v) is 16.0. The predicted octanol–water partition coefficient (Wildman–Crippen LogP) is 7.35. The van der Waals surface area contributed by atoms with Crippen LogP contribution in [0.3, 0.4) is 0 Å². The number of rotatable bonds is 12. The molecule has 4 heterocycles. The normalized spacial score (nSPS) is 18.3. The van der Waals surface area contributed by atoms with Gasteiger partial charge in [0.05, 0.1) is 40.2 Å². The smallest absolute Gasteiger partial charge is 0.419 e. The van der Waals surface area contributed by atoms with Crippen molar-refractivity contribution in [3.05, 3.63) is 101 Å². The molecule has 1 unspecified atom stereocenters. The van der Waals surface area contributed by atoms with E-state index in [0.717, 1.165) is 87.2 Å². The number of halogens is 3. The molecule has 0 bridgehead atoms. The summed E-state index contributed by atoms with van der Waals surface area (Å²) in [4.78, 5) is 48.5. The van der Waals surface area contributed by atoms with Gasteiger partial charge < -0.3 is 25.6 Å². The van der Waals surface area contributed by atoms with E-state index in [1.807, 2.05) is 51.1 Å². The number of benzene rings is 3. The second-order valence-electron chi connectivity index (χ2n) is 16.0. The number of ether oxygens (including phenoxy) is 1. The number of para-hydroxylation sites is 1. The van der Waals surface area contributed by atoms with Crippen molar-refractivity contribution in [1.82, 2.24) is 25.4 Å². The van der Waals surface area contributed by atoms with Crippen LogP contribution >= 0.6 is 0 Å². The number of carbonyl (C=O) groups is 3. The molecule has 0 spiro atoms. The largest absolute Gasteiger partial charge is 0.489 e. The van der Waals surface area contributed by atoms with E-state index in [-0.39, 0.29) is 46.6 Å². The van der Waals surface area contributed by atoms with Crippen LogP contribution in [0.1, 0.15) is 78.1 Å². The summed E-state index contributed by atoms with van der Waals surface area (Å²) in [5.41, 5.74) is 3.95. The number of aromatic nitrogens is 1. The SMILES string of the molecule is CNC(=O)c1ccccc1Nc1cc(Nc2cc(C)c(N3CCN(C4CCN(Cc5ccccc5C5CCC(=O)NC5=O)CC4)CC3)cc2OC(C)C)ncc1C(F)(F)F. The minimum atomic E-state index is -4.70. The van der Waals surface area contributed by atoms with E-state index in [1.54, 1.807) is 18.2 Å². The van der Waals surface area contributed by atoms with Crippen LogP contribution in [-0.2, 0) is 22.3 Å². The summed E-state index contributed by atoms with van der Waals surface area (Å²) >= 11 is 0. The van der Waals surface area contributed by atoms with Crippen molar-refractivity contribution in [3.8, 4) is 5.75 Å². The number of piperidine rings is 2. The minimum Gasteiger partial charge on any atom is -0.489 e. The van der Waals surface area contributed by atoms with E-state index in [9.17, 15) is 27.6 Å². The maximum Gasteiger partial charge on any atom is 0.419 e. The Hall–Kier alpha value is -5.67. The molecule has 3 amide bonds. The number of imide groups is 1. The van der Waals surface area contributed by atoms with Crippen LogP contribution in [0.25, 0.3) is 0 Å². The van der Waals surface area contributed by atoms with Crippen LogP contribution in [0.5, 0.6) is 5.75 Å². The number of piperazine rings is 1. The number of hydrogen-bond acceptors (Lipinski definition) is 10. The molecule has 3 aliphatic rings. The Morgan fingerprint density at radius 3 is 2.32 bits per heavy atom. The Labute approximate surface area is 348 Å². The Bertz CT molecular complexity index is 2200. The average molecular weight is 827 g/mol. The topological polar surface area (TPSA) is 131 Å². The molecule has 60 heavy (non-hydrogen) atoms. The zero-order valence-electron chi connectivity index (χ0n) is 34.5. The fourth-order valence-electron chi connectivity index (χ4n) is 8.55. The third-order valence-electron chi connectivity index (χ3n) is 11.6. The first-order chi connectivity index (χ1) is 28.8. The van der Waals surface area contributed by atoms with Crippen molar-refractivity contribution in [2.75, 3.05) is 61.8 Å². The highest BCUT2D eigenvalue weighted by Gasteiger charge is 2.35. The zero-order valence-corrected chi connectivity index (χ0v) is 34.5. The molecule has 15 heteroatoms. The van der Waals surface area contributed by atoms with Crippen molar-refractivity contribution < 1.29 is 32.3 Å². The molecule has 3 saturated heterocycles. The molecule has 4 aromatic rings. The van der Waals surface area contributed by atoms with Gasteiger partial charge in [-0.05, 0) is 88.0 Å². The molecule has 3 aromatic carbocycles. The van der Waals surface area contributed by atoms with Gasteiger partial charge in [0.1, 0.15) is 11.6 Å². The van der Waals surface area contributed by atoms with Gasteiger partial charge in [0.2, 0.25) is 11.8 Å². The van der Waals surface area contributed by atoms with Gasteiger partial charge in [0, 0.05) is 76.3 Å². The van der Waals surface area contributed by atoms with E-state index in [4.69, 9.17) is 4.74 Å². The summed E-state index contributed by atoms with van der Waals surface area (Å²) in [6, 6.07) is 20.2. The van der Waals surface area contributed by atoms with Crippen LogP contribution in [0.2, 0.25) is 0 Å². The van der Waals surface area contributed by atoms with E-state index >= 15 is 0 Å². The second kappa shape index (κ2) is 18.3. The molecule has 0 aliphatic carbocycles. The lowest BCUT2D eigenvalue weighted by Crippen LogP contribution is -2.53. The van der Waals surface area contributed by atoms with E-state index in [0.29, 0.717) is 30.3 Å². The van der Waals surface area contributed by atoms with E-state index < -0.39 is 17.6 Å². The maximum absolute atomic E-state index is 14.2. The van der Waals surface area contributed by atoms with Gasteiger partial charge in [-0.3, -0.25) is 29.5 Å². The van der Waals surface area contributed by atoms with Crippen LogP contribution in [0.4, 0.5) is 41.7 Å². The van der Waals surface area contributed by atoms with Crippen molar-refractivity contribution in [1.29, 1.82) is 0 Å². The third kappa shape index (κ3) is 9.85. The number of carbonyl (C=O) groups excluding carboxylic acids is 3. The molecule has 1 atom stereocenters. The number of nitrogens with one attached hydrogen (secondary N) is 4. The number of likely N-dealkylation sites (tertiary alicyclic amines) is 1. The third-order valence-corrected chi connectivity index (χ3v) is 11.6. The highest BCUT2D eigenvalue weighted by Crippen LogP contribution is 2.40. The standard InChI is InChI=1S/C45H53F3N8O4/c1-28(2)60-40-25-39(29(3)23-38(40)52-41-24-37(35(26-50-41)45(46,47)48)51-36-12-8-7-11-34(36)43(58)49-4)56-21-19-55(20-22-56)31-15-17-54(18-16-31)27-30-9-5-6-10-32(30)33-13-14-42(57)53-44(33)59/h5-12,23-26,28,31,33H,13-22,27H2,1-4H3,(H,49,58)(H2,50,51,52)(H,53,57,59). The molecule has 7 rings (SSSR count). The van der Waals surface area contributed by atoms with Crippen molar-refractivity contribution in [2.45, 2.75) is 77.2 Å². The molecule has 318 valence electrons.